The van der Waals surface area contributed by atoms with Crippen LogP contribution < -0.4 is 0 Å². The molecular weight excluding hydrogens is 526 g/mol. The summed E-state index contributed by atoms with van der Waals surface area (Å²) in [5, 5.41) is 22.1. The van der Waals surface area contributed by atoms with Crippen LogP contribution in [0, 0.1) is 6.92 Å². The molecule has 0 aromatic heterocycles. The van der Waals surface area contributed by atoms with Crippen molar-refractivity contribution in [1.82, 2.24) is 4.90 Å². The molecule has 0 saturated carbocycles. The topological polar surface area (TPSA) is 132 Å². The van der Waals surface area contributed by atoms with Gasteiger partial charge in [-0.25, -0.2) is 4.79 Å². The Labute approximate surface area is 230 Å². The Morgan fingerprint density at radius 2 is 1.72 bits per heavy atom. The van der Waals surface area contributed by atoms with E-state index in [2.05, 4.69) is 0 Å². The minimum Gasteiger partial charge on any atom is -0.444 e. The second kappa shape index (κ2) is 12.3. The van der Waals surface area contributed by atoms with E-state index in [1.807, 2.05) is 37.3 Å². The second-order valence-electron chi connectivity index (χ2n) is 11.0. The molecule has 4 atom stereocenters. The third-order valence-electron chi connectivity index (χ3n) is 6.21. The number of carbonyl (C=O) groups is 1. The van der Waals surface area contributed by atoms with Crippen LogP contribution in [0.1, 0.15) is 45.7 Å². The van der Waals surface area contributed by atoms with Crippen LogP contribution >= 0.6 is 0 Å². The van der Waals surface area contributed by atoms with Gasteiger partial charge in [0.1, 0.15) is 29.6 Å². The zero-order valence-corrected chi connectivity index (χ0v) is 24.1. The monoisotopic (exact) mass is 565 g/mol. The minimum absolute atomic E-state index is 0.0159. The van der Waals surface area contributed by atoms with Gasteiger partial charge in [0.15, 0.2) is 0 Å². The molecule has 3 rings (SSSR count). The highest BCUT2D eigenvalue weighted by Crippen LogP contribution is 2.33. The van der Waals surface area contributed by atoms with Crippen LogP contribution in [0.2, 0.25) is 0 Å². The highest BCUT2D eigenvalue weighted by molar-refractivity contribution is 7.86. The van der Waals surface area contributed by atoms with E-state index in [-0.39, 0.29) is 18.1 Å². The van der Waals surface area contributed by atoms with Gasteiger partial charge in [-0.1, -0.05) is 48.0 Å². The molecule has 10 nitrogen and oxygen atoms in total. The number of aliphatic hydroxyl groups is 2. The fourth-order valence-electron chi connectivity index (χ4n) is 4.19. The van der Waals surface area contributed by atoms with E-state index in [1.165, 1.54) is 17.0 Å². The lowest BCUT2D eigenvalue weighted by Gasteiger charge is -2.39. The molecule has 1 aliphatic heterocycles. The highest BCUT2D eigenvalue weighted by Gasteiger charge is 2.51. The number of rotatable bonds is 10. The fraction of sp³-hybridized carbons (Fsp3) is 0.536. The van der Waals surface area contributed by atoms with Gasteiger partial charge in [-0.3, -0.25) is 9.08 Å². The second-order valence-corrected chi connectivity index (χ2v) is 12.7. The van der Waals surface area contributed by atoms with Gasteiger partial charge in [-0.15, -0.1) is 0 Å². The van der Waals surface area contributed by atoms with Gasteiger partial charge < -0.3 is 24.4 Å². The molecule has 2 N–H and O–H groups in total. The first-order valence-corrected chi connectivity index (χ1v) is 14.2. The number of carbonyl (C=O) groups excluding carboxylic acids is 1. The quantitative estimate of drug-likeness (QED) is 0.416. The van der Waals surface area contributed by atoms with Crippen molar-refractivity contribution in [3.63, 3.8) is 0 Å². The van der Waals surface area contributed by atoms with Gasteiger partial charge in [-0.2, -0.15) is 8.42 Å². The van der Waals surface area contributed by atoms with Gasteiger partial charge >= 0.3 is 6.09 Å². The predicted octanol–water partition coefficient (Wildman–Crippen LogP) is 3.38. The number of aliphatic hydroxyl groups excluding tert-OH is 2. The maximum Gasteiger partial charge on any atom is 0.412 e. The molecule has 1 saturated heterocycles. The molecule has 2 aromatic carbocycles. The summed E-state index contributed by atoms with van der Waals surface area (Å²) in [6, 6.07) is 14.4. The van der Waals surface area contributed by atoms with Gasteiger partial charge in [0.25, 0.3) is 10.1 Å². The van der Waals surface area contributed by atoms with Crippen molar-refractivity contribution in [3.8, 4) is 0 Å². The summed E-state index contributed by atoms with van der Waals surface area (Å²) in [7, 11) is -4.19. The normalized spacial score (nSPS) is 19.9. The van der Waals surface area contributed by atoms with Crippen molar-refractivity contribution in [3.05, 3.63) is 65.7 Å². The molecule has 1 aliphatic rings. The number of hydrogen-bond acceptors (Lipinski definition) is 9. The van der Waals surface area contributed by atoms with E-state index in [0.29, 0.717) is 0 Å². The zero-order valence-electron chi connectivity index (χ0n) is 23.2. The summed E-state index contributed by atoms with van der Waals surface area (Å²) in [5.74, 6) is 0. The third kappa shape index (κ3) is 8.23. The summed E-state index contributed by atoms with van der Waals surface area (Å²) in [4.78, 5) is 14.5. The van der Waals surface area contributed by atoms with Crippen LogP contribution in [0.3, 0.4) is 0 Å². The first kappa shape index (κ1) is 31.0. The lowest BCUT2D eigenvalue weighted by Crippen LogP contribution is -2.58. The number of ether oxygens (including phenoxy) is 3. The molecule has 0 radical (unpaired) electrons. The smallest absolute Gasteiger partial charge is 0.412 e. The average molecular weight is 566 g/mol. The fourth-order valence-corrected chi connectivity index (χ4v) is 5.12. The Hall–Kier alpha value is -2.54. The standard InChI is InChI=1S/C28H39NO9S/c1-19-12-14-21(15-13-19)39(33,34)37-18-23(30)24(31)25(35-16-20-10-8-7-9-11-20)22-17-36-28(5,6)29(22)26(32)38-27(2,3)4/h7-15,22-25,30-31H,16-18H2,1-6H3/t22-,23-,24+,25-/m0/s1. The Morgan fingerprint density at radius 1 is 1.10 bits per heavy atom. The lowest BCUT2D eigenvalue weighted by atomic mass is 10.00. The predicted molar refractivity (Wildman–Crippen MR) is 143 cm³/mol. The van der Waals surface area contributed by atoms with Crippen LogP contribution in [-0.4, -0.2) is 78.5 Å². The SMILES string of the molecule is Cc1ccc(S(=O)(=O)OC[C@H](O)[C@@H](O)[C@@H](OCc2ccccc2)[C@@H]2COC(C)(C)N2C(=O)OC(C)(C)C)cc1. The van der Waals surface area contributed by atoms with Crippen molar-refractivity contribution in [2.75, 3.05) is 13.2 Å². The van der Waals surface area contributed by atoms with Crippen molar-refractivity contribution >= 4 is 16.2 Å². The van der Waals surface area contributed by atoms with Crippen LogP contribution in [-0.2, 0) is 35.1 Å². The number of hydrogen-bond donors (Lipinski definition) is 2. The van der Waals surface area contributed by atoms with Gasteiger partial charge in [-0.05, 0) is 59.2 Å². The number of aryl methyl sites for hydroxylation is 1. The molecule has 2 aromatic rings. The van der Waals surface area contributed by atoms with E-state index < -0.39 is 58.5 Å². The Morgan fingerprint density at radius 3 is 2.31 bits per heavy atom. The molecule has 1 amide bonds. The number of benzene rings is 2. The van der Waals surface area contributed by atoms with Gasteiger partial charge in [0.05, 0.1) is 30.8 Å². The first-order valence-electron chi connectivity index (χ1n) is 12.7. The van der Waals surface area contributed by atoms with Crippen molar-refractivity contribution in [2.24, 2.45) is 0 Å². The van der Waals surface area contributed by atoms with Crippen molar-refractivity contribution in [2.45, 2.75) is 88.7 Å². The van der Waals surface area contributed by atoms with E-state index >= 15 is 0 Å². The molecule has 0 bridgehead atoms. The van der Waals surface area contributed by atoms with E-state index in [0.717, 1.165) is 11.1 Å². The minimum atomic E-state index is -4.19. The van der Waals surface area contributed by atoms with Crippen LogP contribution in [0.5, 0.6) is 0 Å². The Bertz CT molecular complexity index is 1190. The maximum atomic E-state index is 13.2. The number of amides is 1. The van der Waals surface area contributed by atoms with Crippen LogP contribution in [0.15, 0.2) is 59.5 Å². The molecular formula is C28H39NO9S. The molecule has 11 heteroatoms. The van der Waals surface area contributed by atoms with Gasteiger partial charge in [0, 0.05) is 0 Å². The average Bonchev–Trinajstić information content (AvgIpc) is 3.17. The molecule has 216 valence electrons. The Balaban J connectivity index is 1.83. The first-order chi connectivity index (χ1) is 18.1. The third-order valence-corrected chi connectivity index (χ3v) is 7.50. The summed E-state index contributed by atoms with van der Waals surface area (Å²) < 4.78 is 47.9. The summed E-state index contributed by atoms with van der Waals surface area (Å²) in [6.45, 7) is 9.70. The molecule has 39 heavy (non-hydrogen) atoms. The van der Waals surface area contributed by atoms with Crippen LogP contribution in [0.4, 0.5) is 4.79 Å². The molecule has 0 aliphatic carbocycles. The van der Waals surface area contributed by atoms with E-state index in [1.54, 1.807) is 46.8 Å². The van der Waals surface area contributed by atoms with Gasteiger partial charge in [0.2, 0.25) is 0 Å². The van der Waals surface area contributed by atoms with Crippen molar-refractivity contribution in [1.29, 1.82) is 0 Å². The molecule has 0 unspecified atom stereocenters. The maximum absolute atomic E-state index is 13.2. The van der Waals surface area contributed by atoms with Crippen molar-refractivity contribution < 1.29 is 41.8 Å². The Kier molecular flexibility index (Phi) is 9.79. The summed E-state index contributed by atoms with van der Waals surface area (Å²) >= 11 is 0. The van der Waals surface area contributed by atoms with Crippen LogP contribution in [0.25, 0.3) is 0 Å². The highest BCUT2D eigenvalue weighted by atomic mass is 32.2. The van der Waals surface area contributed by atoms with E-state index in [9.17, 15) is 23.4 Å². The largest absolute Gasteiger partial charge is 0.444 e. The number of nitrogens with zero attached hydrogens (tertiary/aromatic N) is 1. The zero-order chi connectivity index (χ0) is 29.0. The molecule has 1 heterocycles. The summed E-state index contributed by atoms with van der Waals surface area (Å²) in [6.07, 6.45) is -5.17. The summed E-state index contributed by atoms with van der Waals surface area (Å²) in [5.41, 5.74) is -0.225. The molecule has 1 fully saturated rings. The molecule has 0 spiro atoms. The van der Waals surface area contributed by atoms with E-state index in [4.69, 9.17) is 18.4 Å². The lowest BCUT2D eigenvalue weighted by molar-refractivity contribution is -0.131.